The predicted molar refractivity (Wildman–Crippen MR) is 79.3 cm³/mol. The highest BCUT2D eigenvalue weighted by atomic mass is 35.5. The van der Waals surface area contributed by atoms with Gasteiger partial charge in [0.2, 0.25) is 0 Å². The van der Waals surface area contributed by atoms with E-state index in [1.54, 1.807) is 45.0 Å². The Morgan fingerprint density at radius 2 is 1.80 bits per heavy atom. The van der Waals surface area contributed by atoms with Crippen molar-refractivity contribution in [3.8, 4) is 0 Å². The number of alkyl carbamates (subject to hydrolysis) is 1. The predicted octanol–water partition coefficient (Wildman–Crippen LogP) is 3.83. The van der Waals surface area contributed by atoms with Gasteiger partial charge in [-0.25, -0.2) is 4.79 Å². The van der Waals surface area contributed by atoms with Crippen LogP contribution in [-0.4, -0.2) is 24.0 Å². The summed E-state index contributed by atoms with van der Waals surface area (Å²) in [5, 5.41) is 3.23. The molecule has 5 heteroatoms. The molecule has 0 aliphatic heterocycles. The Hall–Kier alpha value is -1.55. The molecule has 1 aromatic rings. The van der Waals surface area contributed by atoms with E-state index in [0.717, 1.165) is 0 Å². The summed E-state index contributed by atoms with van der Waals surface area (Å²) in [5.74, 6) is 0.0349. The maximum Gasteiger partial charge on any atom is 0.407 e. The van der Waals surface area contributed by atoms with E-state index in [-0.39, 0.29) is 5.78 Å². The van der Waals surface area contributed by atoms with E-state index >= 15 is 0 Å². The summed E-state index contributed by atoms with van der Waals surface area (Å²) in [6.45, 7) is 5.82. The Kier molecular flexibility index (Phi) is 6.02. The number of hydrogen-bond donors (Lipinski definition) is 1. The molecule has 0 atom stereocenters. The summed E-state index contributed by atoms with van der Waals surface area (Å²) in [5.41, 5.74) is 0.120. The number of carbonyl (C=O) groups is 2. The summed E-state index contributed by atoms with van der Waals surface area (Å²) < 4.78 is 5.09. The zero-order valence-corrected chi connectivity index (χ0v) is 12.8. The SMILES string of the molecule is CC(C)(C)OC(=O)NCCCC(=O)c1ccc(Cl)cc1. The molecule has 4 nitrogen and oxygen atoms in total. The molecule has 0 saturated heterocycles. The number of benzene rings is 1. The average Bonchev–Trinajstić information content (AvgIpc) is 2.33. The van der Waals surface area contributed by atoms with E-state index in [2.05, 4.69) is 5.32 Å². The van der Waals surface area contributed by atoms with Crippen LogP contribution in [0.5, 0.6) is 0 Å². The number of nitrogens with one attached hydrogen (secondary N) is 1. The van der Waals surface area contributed by atoms with Crippen molar-refractivity contribution in [1.29, 1.82) is 0 Å². The number of amides is 1. The molecule has 0 fully saturated rings. The van der Waals surface area contributed by atoms with Gasteiger partial charge in [-0.3, -0.25) is 4.79 Å². The van der Waals surface area contributed by atoms with Crippen LogP contribution in [0.3, 0.4) is 0 Å². The highest BCUT2D eigenvalue weighted by Crippen LogP contribution is 2.11. The fraction of sp³-hybridized carbons (Fsp3) is 0.467. The second kappa shape index (κ2) is 7.29. The highest BCUT2D eigenvalue weighted by Gasteiger charge is 2.15. The second-order valence-corrected chi connectivity index (χ2v) is 5.90. The first-order valence-corrected chi connectivity index (χ1v) is 6.91. The maximum atomic E-state index is 11.8. The summed E-state index contributed by atoms with van der Waals surface area (Å²) in [4.78, 5) is 23.2. The minimum absolute atomic E-state index is 0.0349. The van der Waals surface area contributed by atoms with Crippen LogP contribution in [0.4, 0.5) is 4.79 Å². The van der Waals surface area contributed by atoms with Crippen LogP contribution in [0, 0.1) is 0 Å². The summed E-state index contributed by atoms with van der Waals surface area (Å²) >= 11 is 5.76. The molecule has 0 aliphatic carbocycles. The molecule has 1 aromatic carbocycles. The number of hydrogen-bond acceptors (Lipinski definition) is 3. The van der Waals surface area contributed by atoms with Crippen molar-refractivity contribution in [3.05, 3.63) is 34.9 Å². The van der Waals surface area contributed by atoms with Gasteiger partial charge in [-0.05, 0) is 51.5 Å². The standard InChI is InChI=1S/C15H20ClNO3/c1-15(2,3)20-14(19)17-10-4-5-13(18)11-6-8-12(16)9-7-11/h6-9H,4-5,10H2,1-3H3,(H,17,19). The molecular weight excluding hydrogens is 278 g/mol. The maximum absolute atomic E-state index is 11.8. The zero-order valence-electron chi connectivity index (χ0n) is 12.0. The van der Waals surface area contributed by atoms with Crippen LogP contribution in [0.2, 0.25) is 5.02 Å². The Labute approximate surface area is 124 Å². The van der Waals surface area contributed by atoms with Gasteiger partial charge in [0.1, 0.15) is 5.60 Å². The second-order valence-electron chi connectivity index (χ2n) is 5.46. The first-order valence-electron chi connectivity index (χ1n) is 6.53. The topological polar surface area (TPSA) is 55.4 Å². The van der Waals surface area contributed by atoms with Crippen LogP contribution < -0.4 is 5.32 Å². The van der Waals surface area contributed by atoms with E-state index in [4.69, 9.17) is 16.3 Å². The third-order valence-electron chi connectivity index (χ3n) is 2.42. The van der Waals surface area contributed by atoms with Crippen LogP contribution in [0.15, 0.2) is 24.3 Å². The van der Waals surface area contributed by atoms with E-state index < -0.39 is 11.7 Å². The van der Waals surface area contributed by atoms with Gasteiger partial charge in [0, 0.05) is 23.6 Å². The van der Waals surface area contributed by atoms with Crippen LogP contribution >= 0.6 is 11.6 Å². The lowest BCUT2D eigenvalue weighted by Gasteiger charge is -2.19. The molecule has 1 N–H and O–H groups in total. The van der Waals surface area contributed by atoms with E-state index in [9.17, 15) is 9.59 Å². The minimum Gasteiger partial charge on any atom is -0.444 e. The highest BCUT2D eigenvalue weighted by molar-refractivity contribution is 6.30. The van der Waals surface area contributed by atoms with Crippen molar-refractivity contribution in [2.75, 3.05) is 6.54 Å². The summed E-state index contributed by atoms with van der Waals surface area (Å²) in [7, 11) is 0. The van der Waals surface area contributed by atoms with Crippen molar-refractivity contribution in [2.24, 2.45) is 0 Å². The number of halogens is 1. The van der Waals surface area contributed by atoms with E-state index in [1.165, 1.54) is 0 Å². The molecule has 0 unspecified atom stereocenters. The van der Waals surface area contributed by atoms with Crippen LogP contribution in [0.1, 0.15) is 44.0 Å². The van der Waals surface area contributed by atoms with E-state index in [0.29, 0.717) is 30.0 Å². The van der Waals surface area contributed by atoms with Crippen molar-refractivity contribution in [3.63, 3.8) is 0 Å². The van der Waals surface area contributed by atoms with E-state index in [1.807, 2.05) is 0 Å². The Morgan fingerprint density at radius 1 is 1.20 bits per heavy atom. The monoisotopic (exact) mass is 297 g/mol. The lowest BCUT2D eigenvalue weighted by Crippen LogP contribution is -2.33. The van der Waals surface area contributed by atoms with Gasteiger partial charge < -0.3 is 10.1 Å². The number of ketones is 1. The fourth-order valence-electron chi connectivity index (χ4n) is 1.53. The molecule has 0 bridgehead atoms. The first kappa shape index (κ1) is 16.5. The lowest BCUT2D eigenvalue weighted by atomic mass is 10.1. The third-order valence-corrected chi connectivity index (χ3v) is 2.67. The van der Waals surface area contributed by atoms with Crippen molar-refractivity contribution >= 4 is 23.5 Å². The largest absolute Gasteiger partial charge is 0.444 e. The van der Waals surface area contributed by atoms with Gasteiger partial charge >= 0.3 is 6.09 Å². The van der Waals surface area contributed by atoms with Crippen molar-refractivity contribution in [2.45, 2.75) is 39.2 Å². The van der Waals surface area contributed by atoms with Gasteiger partial charge in [0.05, 0.1) is 0 Å². The molecule has 20 heavy (non-hydrogen) atoms. The van der Waals surface area contributed by atoms with Gasteiger partial charge in [0.15, 0.2) is 5.78 Å². The number of Topliss-reactive ketones (excluding diaryl/α,β-unsaturated/α-hetero) is 1. The number of ether oxygens (including phenoxy) is 1. The zero-order chi connectivity index (χ0) is 15.2. The molecule has 1 rings (SSSR count). The molecule has 110 valence electrons. The molecule has 0 aromatic heterocycles. The minimum atomic E-state index is -0.511. The Morgan fingerprint density at radius 3 is 2.35 bits per heavy atom. The molecule has 0 aliphatic rings. The average molecular weight is 298 g/mol. The fourth-order valence-corrected chi connectivity index (χ4v) is 1.66. The Bertz CT molecular complexity index is 463. The van der Waals surface area contributed by atoms with Gasteiger partial charge in [-0.2, -0.15) is 0 Å². The first-order chi connectivity index (χ1) is 9.28. The quantitative estimate of drug-likeness (QED) is 0.664. The molecule has 0 radical (unpaired) electrons. The van der Waals surface area contributed by atoms with Gasteiger partial charge in [0.25, 0.3) is 0 Å². The lowest BCUT2D eigenvalue weighted by molar-refractivity contribution is 0.0525. The number of carbonyl (C=O) groups excluding carboxylic acids is 2. The third kappa shape index (κ3) is 6.57. The molecule has 0 heterocycles. The van der Waals surface area contributed by atoms with Gasteiger partial charge in [-0.1, -0.05) is 11.6 Å². The summed E-state index contributed by atoms with van der Waals surface area (Å²) in [6, 6.07) is 6.78. The van der Waals surface area contributed by atoms with Crippen molar-refractivity contribution in [1.82, 2.24) is 5.32 Å². The molecular formula is C15H20ClNO3. The molecule has 0 saturated carbocycles. The number of rotatable bonds is 5. The molecule has 1 amide bonds. The normalized spacial score (nSPS) is 11.0. The molecule has 0 spiro atoms. The summed E-state index contributed by atoms with van der Waals surface area (Å²) in [6.07, 6.45) is 0.481. The van der Waals surface area contributed by atoms with Gasteiger partial charge in [-0.15, -0.1) is 0 Å². The van der Waals surface area contributed by atoms with Crippen LogP contribution in [-0.2, 0) is 4.74 Å². The Balaban J connectivity index is 2.26. The smallest absolute Gasteiger partial charge is 0.407 e. The van der Waals surface area contributed by atoms with Crippen molar-refractivity contribution < 1.29 is 14.3 Å². The van der Waals surface area contributed by atoms with Crippen LogP contribution in [0.25, 0.3) is 0 Å².